The molecule has 4 fully saturated rings. The summed E-state index contributed by atoms with van der Waals surface area (Å²) in [5, 5.41) is 18.8. The summed E-state index contributed by atoms with van der Waals surface area (Å²) in [6.45, 7) is 10.4. The number of fused-ring (bicyclic) bond motifs is 5. The van der Waals surface area contributed by atoms with E-state index in [1.54, 1.807) is 0 Å². The van der Waals surface area contributed by atoms with Gasteiger partial charge in [-0.3, -0.25) is 4.79 Å². The van der Waals surface area contributed by atoms with Gasteiger partial charge in [0.25, 0.3) is 5.91 Å². The minimum Gasteiger partial charge on any atom is -0.385 e. The summed E-state index contributed by atoms with van der Waals surface area (Å²) >= 11 is 0. The molecule has 1 aromatic rings. The second kappa shape index (κ2) is 12.5. The predicted octanol–water partition coefficient (Wildman–Crippen LogP) is 6.97. The van der Waals surface area contributed by atoms with Gasteiger partial charge in [-0.15, -0.1) is 6.42 Å². The lowest BCUT2D eigenvalue weighted by molar-refractivity contribution is -0.125. The van der Waals surface area contributed by atoms with E-state index in [2.05, 4.69) is 80.5 Å². The van der Waals surface area contributed by atoms with Gasteiger partial charge in [0.2, 0.25) is 0 Å². The van der Waals surface area contributed by atoms with E-state index < -0.39 is 5.60 Å². The minimum absolute atomic E-state index is 0.00000715. The lowest BCUT2D eigenvalue weighted by Crippen LogP contribution is -2.54. The number of nitrogens with one attached hydrogen (secondary N) is 1. The van der Waals surface area contributed by atoms with Crippen molar-refractivity contribution >= 4 is 11.6 Å². The Morgan fingerprint density at radius 2 is 1.89 bits per heavy atom. The zero-order valence-electron chi connectivity index (χ0n) is 27.9. The SMILES string of the molecule is C#C[C@]1(O)CC[C@@H]2[C@@H]3CCC4=CC(=NOCC(=O)NCC[C@]5(c6ccccc6)CCO[C@H](C(C)C)C5)CC[C@]4(C)[C@@H]3CC[C@@]21C. The van der Waals surface area contributed by atoms with Crippen molar-refractivity contribution in [3.05, 3.63) is 47.5 Å². The van der Waals surface area contributed by atoms with Crippen molar-refractivity contribution < 1.29 is 19.5 Å². The Morgan fingerprint density at radius 3 is 2.64 bits per heavy atom. The van der Waals surface area contributed by atoms with E-state index in [0.29, 0.717) is 30.2 Å². The number of carbonyl (C=O) groups is 1. The first-order valence-corrected chi connectivity index (χ1v) is 17.6. The van der Waals surface area contributed by atoms with E-state index in [4.69, 9.17) is 16.0 Å². The average Bonchev–Trinajstić information content (AvgIpc) is 3.32. The molecule has 2 N–H and O–H groups in total. The molecule has 0 bridgehead atoms. The van der Waals surface area contributed by atoms with Crippen molar-refractivity contribution in [3.8, 4) is 12.3 Å². The molecule has 6 rings (SSSR count). The highest BCUT2D eigenvalue weighted by Crippen LogP contribution is 2.67. The zero-order chi connectivity index (χ0) is 31.9. The number of benzene rings is 1. The molecule has 0 spiro atoms. The first kappa shape index (κ1) is 32.3. The van der Waals surface area contributed by atoms with Crippen LogP contribution in [-0.4, -0.2) is 48.2 Å². The van der Waals surface area contributed by atoms with Gasteiger partial charge in [-0.05, 0) is 111 Å². The molecule has 1 aliphatic heterocycles. The van der Waals surface area contributed by atoms with Crippen LogP contribution in [0.5, 0.6) is 0 Å². The number of aliphatic hydroxyl groups is 1. The zero-order valence-corrected chi connectivity index (χ0v) is 27.9. The molecule has 8 atom stereocenters. The van der Waals surface area contributed by atoms with Gasteiger partial charge < -0.3 is 20.0 Å². The topological polar surface area (TPSA) is 80.2 Å². The maximum Gasteiger partial charge on any atom is 0.260 e. The van der Waals surface area contributed by atoms with Gasteiger partial charge in [0, 0.05) is 24.0 Å². The molecule has 0 radical (unpaired) electrons. The fourth-order valence-electron chi connectivity index (χ4n) is 10.4. The van der Waals surface area contributed by atoms with E-state index in [9.17, 15) is 9.90 Å². The monoisotopic (exact) mass is 614 g/mol. The molecule has 45 heavy (non-hydrogen) atoms. The molecule has 244 valence electrons. The molecule has 1 heterocycles. The van der Waals surface area contributed by atoms with Crippen LogP contribution in [0, 0.1) is 46.8 Å². The van der Waals surface area contributed by atoms with Gasteiger partial charge in [-0.1, -0.05) is 74.7 Å². The standard InChI is InChI=1S/C39H54N2O4/c1-6-39(43)19-16-33-31-13-12-29-24-30(14-17-36(29,4)32(31)15-18-37(33,39)5)41-45-26-35(42)40-22-20-38(28-10-8-7-9-11-28)21-23-44-34(25-38)27(2)3/h1,7-11,24,27,31-34,43H,12-23,25-26H2,2-5H3,(H,40,42)/t31-,32-,33-,34+,36+,37+,38+,39+/m1/s1. The maximum atomic E-state index is 12.8. The Labute approximate surface area is 270 Å². The Morgan fingerprint density at radius 1 is 1.11 bits per heavy atom. The van der Waals surface area contributed by atoms with Crippen LogP contribution in [0.4, 0.5) is 0 Å². The van der Waals surface area contributed by atoms with Crippen molar-refractivity contribution in [1.82, 2.24) is 5.32 Å². The molecule has 1 amide bonds. The molecule has 6 nitrogen and oxygen atoms in total. The van der Waals surface area contributed by atoms with Crippen LogP contribution >= 0.6 is 0 Å². The van der Waals surface area contributed by atoms with Crippen LogP contribution < -0.4 is 5.32 Å². The molecule has 0 unspecified atom stereocenters. The number of nitrogens with zero attached hydrogens (tertiary/aromatic N) is 1. The number of carbonyl (C=O) groups excluding carboxylic acids is 1. The normalized spacial score (nSPS) is 40.1. The number of ether oxygens (including phenoxy) is 1. The average molecular weight is 615 g/mol. The molecular weight excluding hydrogens is 560 g/mol. The van der Waals surface area contributed by atoms with Crippen LogP contribution in [0.25, 0.3) is 0 Å². The van der Waals surface area contributed by atoms with Gasteiger partial charge in [0.1, 0.15) is 5.60 Å². The number of allylic oxidation sites excluding steroid dienone is 2. The molecule has 5 aliphatic rings. The van der Waals surface area contributed by atoms with Crippen LogP contribution in [0.2, 0.25) is 0 Å². The number of oxime groups is 1. The van der Waals surface area contributed by atoms with E-state index in [1.807, 2.05) is 0 Å². The molecule has 6 heteroatoms. The molecule has 0 aromatic heterocycles. The highest BCUT2D eigenvalue weighted by Gasteiger charge is 2.63. The van der Waals surface area contributed by atoms with Gasteiger partial charge in [-0.2, -0.15) is 0 Å². The summed E-state index contributed by atoms with van der Waals surface area (Å²) in [4.78, 5) is 18.4. The Hall–Kier alpha value is -2.62. The first-order chi connectivity index (χ1) is 21.5. The van der Waals surface area contributed by atoms with E-state index in [0.717, 1.165) is 82.9 Å². The summed E-state index contributed by atoms with van der Waals surface area (Å²) < 4.78 is 6.11. The van der Waals surface area contributed by atoms with E-state index in [-0.39, 0.29) is 34.9 Å². The number of hydrogen-bond donors (Lipinski definition) is 2. The highest BCUT2D eigenvalue weighted by atomic mass is 16.6. The van der Waals surface area contributed by atoms with E-state index in [1.165, 1.54) is 11.1 Å². The molecular formula is C39H54N2O4. The first-order valence-electron chi connectivity index (χ1n) is 17.6. The van der Waals surface area contributed by atoms with Crippen molar-refractivity contribution in [3.63, 3.8) is 0 Å². The lowest BCUT2D eigenvalue weighted by atomic mass is 9.46. The van der Waals surface area contributed by atoms with Crippen molar-refractivity contribution in [1.29, 1.82) is 0 Å². The van der Waals surface area contributed by atoms with Crippen molar-refractivity contribution in [2.45, 2.75) is 115 Å². The van der Waals surface area contributed by atoms with Gasteiger partial charge in [0.05, 0.1) is 11.8 Å². The second-order valence-corrected chi connectivity index (χ2v) is 15.7. The van der Waals surface area contributed by atoms with E-state index >= 15 is 0 Å². The number of rotatable bonds is 8. The second-order valence-electron chi connectivity index (χ2n) is 15.7. The summed E-state index contributed by atoms with van der Waals surface area (Å²) in [5.41, 5.74) is 2.80. The van der Waals surface area contributed by atoms with Crippen LogP contribution in [-0.2, 0) is 19.8 Å². The van der Waals surface area contributed by atoms with Crippen LogP contribution in [0.3, 0.4) is 0 Å². The highest BCUT2D eigenvalue weighted by molar-refractivity contribution is 5.96. The summed E-state index contributed by atoms with van der Waals surface area (Å²) in [7, 11) is 0. The molecule has 1 aromatic carbocycles. The smallest absolute Gasteiger partial charge is 0.260 e. The maximum absolute atomic E-state index is 12.8. The third kappa shape index (κ3) is 5.78. The lowest BCUT2D eigenvalue weighted by Gasteiger charge is -2.58. The molecule has 3 saturated carbocycles. The Bertz CT molecular complexity index is 1350. The van der Waals surface area contributed by atoms with Gasteiger partial charge in [0.15, 0.2) is 6.61 Å². The van der Waals surface area contributed by atoms with Gasteiger partial charge in [-0.25, -0.2) is 0 Å². The quantitative estimate of drug-likeness (QED) is 0.245. The number of hydrogen-bond acceptors (Lipinski definition) is 5. The van der Waals surface area contributed by atoms with Crippen molar-refractivity contribution in [2.75, 3.05) is 19.8 Å². The third-order valence-corrected chi connectivity index (χ3v) is 13.3. The molecule has 1 saturated heterocycles. The third-order valence-electron chi connectivity index (χ3n) is 13.3. The van der Waals surface area contributed by atoms with Gasteiger partial charge >= 0.3 is 0 Å². The Kier molecular flexibility index (Phi) is 9.00. The summed E-state index contributed by atoms with van der Waals surface area (Å²) in [6.07, 6.45) is 19.2. The van der Waals surface area contributed by atoms with Crippen molar-refractivity contribution in [2.24, 2.45) is 39.7 Å². The summed E-state index contributed by atoms with van der Waals surface area (Å²) in [6, 6.07) is 10.7. The van der Waals surface area contributed by atoms with Crippen LogP contribution in [0.1, 0.15) is 104 Å². The minimum atomic E-state index is -0.958. The fraction of sp³-hybridized carbons (Fsp3) is 0.692. The summed E-state index contributed by atoms with van der Waals surface area (Å²) in [5.74, 6) is 4.86. The Balaban J connectivity index is 1.03. The molecule has 4 aliphatic carbocycles. The largest absolute Gasteiger partial charge is 0.385 e. The fourth-order valence-corrected chi connectivity index (χ4v) is 10.4. The predicted molar refractivity (Wildman–Crippen MR) is 178 cm³/mol. The number of terminal acetylenes is 1. The van der Waals surface area contributed by atoms with Crippen LogP contribution in [0.15, 0.2) is 47.1 Å². The number of amides is 1.